The van der Waals surface area contributed by atoms with Crippen molar-refractivity contribution in [3.63, 3.8) is 0 Å². The summed E-state index contributed by atoms with van der Waals surface area (Å²) in [5.41, 5.74) is 3.36. The van der Waals surface area contributed by atoms with E-state index < -0.39 is 5.82 Å². The largest absolute Gasteiger partial charge is 0.378 e. The molecule has 1 saturated heterocycles. The van der Waals surface area contributed by atoms with Gasteiger partial charge in [0.2, 0.25) is 5.95 Å². The standard InChI is InChI=1S/C15H15F2N5O/c16-12-3-1-11(2-4-12)9-19-21-15-18-10-13(17)14(20-15)22-5-7-23-8-6-22/h1-4,9-10H,5-8H2,(H,18,20,21)/b19-9+. The molecule has 3 rings (SSSR count). The van der Waals surface area contributed by atoms with Crippen LogP contribution in [0.1, 0.15) is 5.56 Å². The molecule has 0 bridgehead atoms. The van der Waals surface area contributed by atoms with Crippen molar-refractivity contribution in [2.75, 3.05) is 36.6 Å². The van der Waals surface area contributed by atoms with Gasteiger partial charge in [0.05, 0.1) is 25.6 Å². The van der Waals surface area contributed by atoms with Crippen molar-refractivity contribution in [2.45, 2.75) is 0 Å². The highest BCUT2D eigenvalue weighted by molar-refractivity contribution is 5.79. The van der Waals surface area contributed by atoms with Gasteiger partial charge in [0.25, 0.3) is 0 Å². The van der Waals surface area contributed by atoms with Gasteiger partial charge in [-0.25, -0.2) is 19.2 Å². The molecule has 0 unspecified atom stereocenters. The number of anilines is 2. The molecule has 8 heteroatoms. The highest BCUT2D eigenvalue weighted by Gasteiger charge is 2.17. The van der Waals surface area contributed by atoms with Gasteiger partial charge >= 0.3 is 0 Å². The van der Waals surface area contributed by atoms with E-state index in [0.717, 1.165) is 11.8 Å². The number of aromatic nitrogens is 2. The molecule has 2 aromatic rings. The van der Waals surface area contributed by atoms with Gasteiger partial charge in [0.15, 0.2) is 11.6 Å². The second kappa shape index (κ2) is 7.10. The van der Waals surface area contributed by atoms with Gasteiger partial charge in [0, 0.05) is 13.1 Å². The van der Waals surface area contributed by atoms with Crippen LogP contribution in [0.2, 0.25) is 0 Å². The van der Waals surface area contributed by atoms with Crippen LogP contribution in [-0.2, 0) is 4.74 Å². The number of halogens is 2. The number of hydrazone groups is 1. The molecule has 0 radical (unpaired) electrons. The maximum absolute atomic E-state index is 13.9. The Bertz CT molecular complexity index is 687. The Labute approximate surface area is 131 Å². The van der Waals surface area contributed by atoms with Gasteiger partial charge in [-0.1, -0.05) is 12.1 Å². The number of morpholine rings is 1. The average molecular weight is 319 g/mol. The Balaban J connectivity index is 1.69. The maximum atomic E-state index is 13.9. The summed E-state index contributed by atoms with van der Waals surface area (Å²) in [5.74, 6) is -0.388. The minimum Gasteiger partial charge on any atom is -0.378 e. The van der Waals surface area contributed by atoms with Crippen molar-refractivity contribution in [1.82, 2.24) is 9.97 Å². The Kier molecular flexibility index (Phi) is 4.72. The van der Waals surface area contributed by atoms with Crippen molar-refractivity contribution in [3.05, 3.63) is 47.7 Å². The minimum atomic E-state index is -0.486. The van der Waals surface area contributed by atoms with Crippen LogP contribution in [0.3, 0.4) is 0 Å². The molecular formula is C15H15F2N5O. The summed E-state index contributed by atoms with van der Waals surface area (Å²) in [7, 11) is 0. The highest BCUT2D eigenvalue weighted by Crippen LogP contribution is 2.18. The predicted molar refractivity (Wildman–Crippen MR) is 82.6 cm³/mol. The summed E-state index contributed by atoms with van der Waals surface area (Å²) < 4.78 is 31.9. The first-order chi connectivity index (χ1) is 11.2. The lowest BCUT2D eigenvalue weighted by Crippen LogP contribution is -2.37. The molecule has 0 saturated carbocycles. The maximum Gasteiger partial charge on any atom is 0.245 e. The molecular weight excluding hydrogens is 304 g/mol. The number of hydrogen-bond acceptors (Lipinski definition) is 6. The zero-order valence-electron chi connectivity index (χ0n) is 12.2. The molecule has 2 heterocycles. The summed E-state index contributed by atoms with van der Waals surface area (Å²) in [6, 6.07) is 5.86. The Morgan fingerprint density at radius 3 is 2.65 bits per heavy atom. The first kappa shape index (κ1) is 15.3. The van der Waals surface area contributed by atoms with Crippen LogP contribution in [0, 0.1) is 11.6 Å². The quantitative estimate of drug-likeness (QED) is 0.690. The van der Waals surface area contributed by atoms with Crippen LogP contribution < -0.4 is 10.3 Å². The molecule has 0 aliphatic carbocycles. The first-order valence-corrected chi connectivity index (χ1v) is 7.12. The Hall–Kier alpha value is -2.61. The normalized spacial score (nSPS) is 15.1. The van der Waals surface area contributed by atoms with Gasteiger partial charge < -0.3 is 9.64 Å². The molecule has 120 valence electrons. The lowest BCUT2D eigenvalue weighted by atomic mass is 10.2. The van der Waals surface area contributed by atoms with Crippen molar-refractivity contribution < 1.29 is 13.5 Å². The van der Waals surface area contributed by atoms with Crippen LogP contribution in [0.5, 0.6) is 0 Å². The smallest absolute Gasteiger partial charge is 0.245 e. The molecule has 1 aromatic carbocycles. The summed E-state index contributed by atoms with van der Waals surface area (Å²) in [6.45, 7) is 2.22. The SMILES string of the molecule is Fc1ccc(/C=N/Nc2ncc(F)c(N3CCOCC3)n2)cc1. The number of ether oxygens (including phenoxy) is 1. The Morgan fingerprint density at radius 1 is 1.17 bits per heavy atom. The van der Waals surface area contributed by atoms with Crippen molar-refractivity contribution in [3.8, 4) is 0 Å². The van der Waals surface area contributed by atoms with Crippen LogP contribution in [0.4, 0.5) is 20.5 Å². The second-order valence-electron chi connectivity index (χ2n) is 4.89. The van der Waals surface area contributed by atoms with E-state index in [4.69, 9.17) is 4.74 Å². The average Bonchev–Trinajstić information content (AvgIpc) is 2.59. The zero-order valence-corrected chi connectivity index (χ0v) is 12.2. The fourth-order valence-corrected chi connectivity index (χ4v) is 2.12. The van der Waals surface area contributed by atoms with Crippen LogP contribution >= 0.6 is 0 Å². The molecule has 1 N–H and O–H groups in total. The van der Waals surface area contributed by atoms with E-state index in [1.165, 1.54) is 18.3 Å². The van der Waals surface area contributed by atoms with E-state index in [9.17, 15) is 8.78 Å². The molecule has 1 aliphatic heterocycles. The van der Waals surface area contributed by atoms with E-state index >= 15 is 0 Å². The van der Waals surface area contributed by atoms with E-state index in [2.05, 4.69) is 20.5 Å². The van der Waals surface area contributed by atoms with Gasteiger partial charge in [0.1, 0.15) is 5.82 Å². The van der Waals surface area contributed by atoms with Crippen LogP contribution in [-0.4, -0.2) is 42.5 Å². The molecule has 1 aromatic heterocycles. The molecule has 6 nitrogen and oxygen atoms in total. The van der Waals surface area contributed by atoms with Crippen molar-refractivity contribution >= 4 is 18.0 Å². The lowest BCUT2D eigenvalue weighted by molar-refractivity contribution is 0.122. The fraction of sp³-hybridized carbons (Fsp3) is 0.267. The minimum absolute atomic E-state index is 0.186. The molecule has 1 fully saturated rings. The molecule has 0 atom stereocenters. The van der Waals surface area contributed by atoms with E-state index in [-0.39, 0.29) is 17.6 Å². The fourth-order valence-electron chi connectivity index (χ4n) is 2.12. The van der Waals surface area contributed by atoms with E-state index in [0.29, 0.717) is 26.3 Å². The number of rotatable bonds is 4. The summed E-state index contributed by atoms with van der Waals surface area (Å²) in [6.07, 6.45) is 2.61. The number of nitrogens with one attached hydrogen (secondary N) is 1. The van der Waals surface area contributed by atoms with E-state index in [1.807, 2.05) is 0 Å². The monoisotopic (exact) mass is 319 g/mol. The number of nitrogens with zero attached hydrogens (tertiary/aromatic N) is 4. The number of benzene rings is 1. The first-order valence-electron chi connectivity index (χ1n) is 7.12. The molecule has 1 aliphatic rings. The van der Waals surface area contributed by atoms with Gasteiger partial charge in [-0.2, -0.15) is 10.1 Å². The lowest BCUT2D eigenvalue weighted by Gasteiger charge is -2.27. The molecule has 0 spiro atoms. The molecule has 0 amide bonds. The van der Waals surface area contributed by atoms with E-state index in [1.54, 1.807) is 17.0 Å². The van der Waals surface area contributed by atoms with Crippen LogP contribution in [0.25, 0.3) is 0 Å². The third-order valence-corrected chi connectivity index (χ3v) is 3.28. The predicted octanol–water partition coefficient (Wildman–Crippen LogP) is 2.04. The van der Waals surface area contributed by atoms with Gasteiger partial charge in [-0.05, 0) is 17.7 Å². The van der Waals surface area contributed by atoms with Crippen LogP contribution in [0.15, 0.2) is 35.6 Å². The second-order valence-corrected chi connectivity index (χ2v) is 4.89. The highest BCUT2D eigenvalue weighted by atomic mass is 19.1. The molecule has 23 heavy (non-hydrogen) atoms. The Morgan fingerprint density at radius 2 is 1.91 bits per heavy atom. The van der Waals surface area contributed by atoms with Gasteiger partial charge in [-0.15, -0.1) is 0 Å². The van der Waals surface area contributed by atoms with Crippen molar-refractivity contribution in [2.24, 2.45) is 5.10 Å². The third kappa shape index (κ3) is 3.98. The summed E-state index contributed by atoms with van der Waals surface area (Å²) in [4.78, 5) is 9.79. The summed E-state index contributed by atoms with van der Waals surface area (Å²) in [5, 5.41) is 3.97. The zero-order chi connectivity index (χ0) is 16.1. The van der Waals surface area contributed by atoms with Gasteiger partial charge in [-0.3, -0.25) is 0 Å². The topological polar surface area (TPSA) is 62.6 Å². The van der Waals surface area contributed by atoms with Crippen molar-refractivity contribution in [1.29, 1.82) is 0 Å². The third-order valence-electron chi connectivity index (χ3n) is 3.28. The number of hydrogen-bond donors (Lipinski definition) is 1. The summed E-state index contributed by atoms with van der Waals surface area (Å²) >= 11 is 0.